The molecular weight excluding hydrogens is 448 g/mol. The number of hydrogen-bond donors (Lipinski definition) is 1. The summed E-state index contributed by atoms with van der Waals surface area (Å²) in [5.74, 6) is 0.639. The van der Waals surface area contributed by atoms with Crippen molar-refractivity contribution in [3.63, 3.8) is 0 Å². The van der Waals surface area contributed by atoms with Crippen molar-refractivity contribution in [3.05, 3.63) is 64.7 Å². The summed E-state index contributed by atoms with van der Waals surface area (Å²) in [5, 5.41) is 3.77. The number of ether oxygens (including phenoxy) is 1. The monoisotopic (exact) mass is 484 g/mol. The summed E-state index contributed by atoms with van der Waals surface area (Å²) < 4.78 is 5.98. The maximum absolute atomic E-state index is 13.5. The van der Waals surface area contributed by atoms with Gasteiger partial charge in [0.1, 0.15) is 11.8 Å². The molecule has 0 aromatic heterocycles. The summed E-state index contributed by atoms with van der Waals surface area (Å²) in [4.78, 5) is 28.4. The van der Waals surface area contributed by atoms with Gasteiger partial charge in [-0.25, -0.2) is 0 Å². The lowest BCUT2D eigenvalue weighted by Crippen LogP contribution is -2.52. The quantitative estimate of drug-likeness (QED) is 0.443. The zero-order chi connectivity index (χ0) is 24.5. The van der Waals surface area contributed by atoms with Crippen LogP contribution in [-0.2, 0) is 16.1 Å². The first-order chi connectivity index (χ1) is 16.4. The molecule has 0 saturated heterocycles. The van der Waals surface area contributed by atoms with Crippen LogP contribution in [0.15, 0.2) is 48.5 Å². The minimum Gasteiger partial charge on any atom is -0.483 e. The van der Waals surface area contributed by atoms with Gasteiger partial charge in [-0.2, -0.15) is 0 Å². The van der Waals surface area contributed by atoms with E-state index in [-0.39, 0.29) is 36.9 Å². The van der Waals surface area contributed by atoms with Gasteiger partial charge in [0.25, 0.3) is 5.91 Å². The molecule has 0 heterocycles. The highest BCUT2D eigenvalue weighted by atomic mass is 35.5. The van der Waals surface area contributed by atoms with Crippen LogP contribution in [0.2, 0.25) is 5.02 Å². The predicted octanol–water partition coefficient (Wildman–Crippen LogP) is 6.10. The number of para-hydroxylation sites is 1. The fourth-order valence-corrected chi connectivity index (χ4v) is 4.78. The van der Waals surface area contributed by atoms with Gasteiger partial charge in [-0.1, -0.05) is 88.0 Å². The number of benzene rings is 2. The number of halogens is 1. The summed E-state index contributed by atoms with van der Waals surface area (Å²) in [5.41, 5.74) is 1.86. The van der Waals surface area contributed by atoms with Gasteiger partial charge in [0.05, 0.1) is 0 Å². The highest BCUT2D eigenvalue weighted by molar-refractivity contribution is 6.31. The smallest absolute Gasteiger partial charge is 0.261 e. The Morgan fingerprint density at radius 3 is 2.41 bits per heavy atom. The third-order valence-corrected chi connectivity index (χ3v) is 6.90. The van der Waals surface area contributed by atoms with E-state index in [4.69, 9.17) is 16.3 Å². The van der Waals surface area contributed by atoms with E-state index in [1.807, 2.05) is 49.4 Å². The van der Waals surface area contributed by atoms with Crippen LogP contribution >= 0.6 is 11.6 Å². The maximum atomic E-state index is 13.5. The molecule has 1 fully saturated rings. The second-order valence-corrected chi connectivity index (χ2v) is 9.77. The molecule has 1 aliphatic rings. The van der Waals surface area contributed by atoms with Crippen LogP contribution in [0, 0.1) is 0 Å². The molecule has 2 aromatic carbocycles. The van der Waals surface area contributed by atoms with E-state index in [1.165, 1.54) is 6.42 Å². The molecule has 0 bridgehead atoms. The number of carbonyl (C=O) groups is 2. The van der Waals surface area contributed by atoms with Gasteiger partial charge >= 0.3 is 0 Å². The van der Waals surface area contributed by atoms with Gasteiger partial charge in [-0.05, 0) is 48.4 Å². The lowest BCUT2D eigenvalue weighted by Gasteiger charge is -2.33. The summed E-state index contributed by atoms with van der Waals surface area (Å²) in [6.07, 6.45) is 5.99. The predicted molar refractivity (Wildman–Crippen MR) is 137 cm³/mol. The maximum Gasteiger partial charge on any atom is 0.261 e. The number of hydrogen-bond acceptors (Lipinski definition) is 3. The highest BCUT2D eigenvalue weighted by Gasteiger charge is 2.31. The van der Waals surface area contributed by atoms with Gasteiger partial charge < -0.3 is 15.0 Å². The Bertz CT molecular complexity index is 956. The SMILES string of the molecule is CC[C@H](C(=O)NC1CCCCC1)N(Cc1ccccc1Cl)C(=O)COc1ccccc1C(C)C. The van der Waals surface area contributed by atoms with E-state index < -0.39 is 6.04 Å². The minimum atomic E-state index is -0.588. The normalized spacial score (nSPS) is 15.1. The fraction of sp³-hybridized carbons (Fsp3) is 0.500. The lowest BCUT2D eigenvalue weighted by atomic mass is 9.95. The second-order valence-electron chi connectivity index (χ2n) is 9.36. The van der Waals surface area contributed by atoms with E-state index in [0.717, 1.165) is 36.8 Å². The molecule has 1 atom stereocenters. The number of nitrogens with one attached hydrogen (secondary N) is 1. The van der Waals surface area contributed by atoms with E-state index in [1.54, 1.807) is 11.0 Å². The van der Waals surface area contributed by atoms with Gasteiger partial charge in [0.2, 0.25) is 5.91 Å². The van der Waals surface area contributed by atoms with Crippen molar-refractivity contribution in [3.8, 4) is 5.75 Å². The van der Waals surface area contributed by atoms with Crippen molar-refractivity contribution < 1.29 is 14.3 Å². The molecule has 0 unspecified atom stereocenters. The molecule has 0 spiro atoms. The van der Waals surface area contributed by atoms with Gasteiger partial charge in [0.15, 0.2) is 6.61 Å². The van der Waals surface area contributed by atoms with Crippen molar-refractivity contribution in [2.45, 2.75) is 83.8 Å². The Morgan fingerprint density at radius 1 is 1.06 bits per heavy atom. The molecule has 3 rings (SSSR count). The first-order valence-electron chi connectivity index (χ1n) is 12.5. The Balaban J connectivity index is 1.79. The molecule has 34 heavy (non-hydrogen) atoms. The highest BCUT2D eigenvalue weighted by Crippen LogP contribution is 2.26. The van der Waals surface area contributed by atoms with Gasteiger partial charge in [-0.3, -0.25) is 9.59 Å². The Hall–Kier alpha value is -2.53. The summed E-state index contributed by atoms with van der Waals surface area (Å²) in [6.45, 7) is 6.24. The number of nitrogens with zero attached hydrogens (tertiary/aromatic N) is 1. The molecule has 6 heteroatoms. The van der Waals surface area contributed by atoms with Crippen molar-refractivity contribution in [2.75, 3.05) is 6.61 Å². The standard InChI is InChI=1S/C28H37ClN2O3/c1-4-25(28(33)30-22-13-6-5-7-14-22)31(18-21-12-8-10-16-24(21)29)27(32)19-34-26-17-11-9-15-23(26)20(2)3/h8-12,15-17,20,22,25H,4-7,13-14,18-19H2,1-3H3,(H,30,33)/t25-/m1/s1. The number of amides is 2. The summed E-state index contributed by atoms with van der Waals surface area (Å²) in [7, 11) is 0. The molecule has 0 radical (unpaired) electrons. The molecule has 184 valence electrons. The average Bonchev–Trinajstić information content (AvgIpc) is 2.84. The molecule has 2 aromatic rings. The Labute approximate surface area is 208 Å². The first-order valence-corrected chi connectivity index (χ1v) is 12.8. The molecule has 1 N–H and O–H groups in total. The van der Waals surface area contributed by atoms with Gasteiger partial charge in [-0.15, -0.1) is 0 Å². The average molecular weight is 485 g/mol. The molecule has 0 aliphatic heterocycles. The lowest BCUT2D eigenvalue weighted by molar-refractivity contribution is -0.143. The molecule has 5 nitrogen and oxygen atoms in total. The van der Waals surface area contributed by atoms with E-state index in [2.05, 4.69) is 19.2 Å². The van der Waals surface area contributed by atoms with E-state index >= 15 is 0 Å². The summed E-state index contributed by atoms with van der Waals surface area (Å²) in [6, 6.07) is 14.8. The largest absolute Gasteiger partial charge is 0.483 e. The molecule has 1 saturated carbocycles. The number of carbonyl (C=O) groups excluding carboxylic acids is 2. The fourth-order valence-electron chi connectivity index (χ4n) is 4.59. The third-order valence-electron chi connectivity index (χ3n) is 6.53. The van der Waals surface area contributed by atoms with Crippen LogP contribution < -0.4 is 10.1 Å². The molecular formula is C28H37ClN2O3. The van der Waals surface area contributed by atoms with Crippen molar-refractivity contribution in [1.29, 1.82) is 0 Å². The molecule has 2 amide bonds. The molecule has 1 aliphatic carbocycles. The second kappa shape index (κ2) is 12.8. The summed E-state index contributed by atoms with van der Waals surface area (Å²) >= 11 is 6.41. The van der Waals surface area contributed by atoms with Crippen LogP contribution in [-0.4, -0.2) is 35.4 Å². The first kappa shape index (κ1) is 26.1. The van der Waals surface area contributed by atoms with Crippen LogP contribution in [0.25, 0.3) is 0 Å². The van der Waals surface area contributed by atoms with Crippen LogP contribution in [0.1, 0.15) is 76.3 Å². The van der Waals surface area contributed by atoms with Crippen molar-refractivity contribution >= 4 is 23.4 Å². The minimum absolute atomic E-state index is 0.0996. The zero-order valence-electron chi connectivity index (χ0n) is 20.6. The van der Waals surface area contributed by atoms with Crippen LogP contribution in [0.3, 0.4) is 0 Å². The Kier molecular flexibility index (Phi) is 9.82. The van der Waals surface area contributed by atoms with Gasteiger partial charge in [0, 0.05) is 17.6 Å². The van der Waals surface area contributed by atoms with Crippen LogP contribution in [0.5, 0.6) is 5.75 Å². The zero-order valence-corrected chi connectivity index (χ0v) is 21.3. The topological polar surface area (TPSA) is 58.6 Å². The van der Waals surface area contributed by atoms with E-state index in [9.17, 15) is 9.59 Å². The van der Waals surface area contributed by atoms with Crippen LogP contribution in [0.4, 0.5) is 0 Å². The van der Waals surface area contributed by atoms with E-state index in [0.29, 0.717) is 17.2 Å². The Morgan fingerprint density at radius 2 is 1.74 bits per heavy atom. The third kappa shape index (κ3) is 6.99. The van der Waals surface area contributed by atoms with Crippen molar-refractivity contribution in [1.82, 2.24) is 10.2 Å². The van der Waals surface area contributed by atoms with Crippen molar-refractivity contribution in [2.24, 2.45) is 0 Å². The number of rotatable bonds is 10.